The molecule has 1 saturated heterocycles. The third kappa shape index (κ3) is 4.93. The number of hydrogen-bond donors (Lipinski definition) is 1. The number of ether oxygens (including phenoxy) is 2. The number of carbonyl (C=O) groups excluding carboxylic acids is 1. The van der Waals surface area contributed by atoms with Crippen LogP contribution in [0.5, 0.6) is 5.75 Å². The molecule has 8 heteroatoms. The predicted octanol–water partition coefficient (Wildman–Crippen LogP) is 5.62. The third-order valence-electron chi connectivity index (χ3n) is 6.21. The quantitative estimate of drug-likeness (QED) is 0.254. The first-order valence-corrected chi connectivity index (χ1v) is 12.5. The molecular weight excluding hydrogens is 484 g/mol. The molecule has 3 heterocycles. The fourth-order valence-corrected chi connectivity index (χ4v) is 5.01. The number of benzene rings is 2. The molecule has 0 spiro atoms. The fourth-order valence-electron chi connectivity index (χ4n) is 4.66. The molecular formula is C29H28N4O3S. The summed E-state index contributed by atoms with van der Waals surface area (Å²) in [6, 6.07) is 24.9. The minimum absolute atomic E-state index is 0.0886. The van der Waals surface area contributed by atoms with Gasteiger partial charge in [0.05, 0.1) is 30.5 Å². The number of anilines is 1. The van der Waals surface area contributed by atoms with Gasteiger partial charge in [-0.3, -0.25) is 4.98 Å². The molecule has 1 aliphatic heterocycles. The molecule has 2 aromatic carbocycles. The van der Waals surface area contributed by atoms with Gasteiger partial charge < -0.3 is 24.3 Å². The average Bonchev–Trinajstić information content (AvgIpc) is 3.53. The predicted molar refractivity (Wildman–Crippen MR) is 147 cm³/mol. The van der Waals surface area contributed by atoms with Crippen molar-refractivity contribution in [1.29, 1.82) is 0 Å². The van der Waals surface area contributed by atoms with Crippen LogP contribution in [0.2, 0.25) is 0 Å². The van der Waals surface area contributed by atoms with Crippen molar-refractivity contribution in [2.24, 2.45) is 0 Å². The van der Waals surface area contributed by atoms with E-state index in [1.165, 1.54) is 7.11 Å². The maximum atomic E-state index is 12.2. The van der Waals surface area contributed by atoms with Crippen LogP contribution in [-0.2, 0) is 4.74 Å². The first kappa shape index (κ1) is 24.5. The highest BCUT2D eigenvalue weighted by Gasteiger charge is 2.42. The first-order chi connectivity index (χ1) is 18.0. The van der Waals surface area contributed by atoms with Crippen LogP contribution in [0.4, 0.5) is 5.69 Å². The summed E-state index contributed by atoms with van der Waals surface area (Å²) >= 11 is 5.87. The maximum Gasteiger partial charge on any atom is 0.337 e. The molecule has 2 aromatic heterocycles. The Morgan fingerprint density at radius 1 is 1.00 bits per heavy atom. The van der Waals surface area contributed by atoms with Crippen LogP contribution in [0.15, 0.2) is 91.3 Å². The van der Waals surface area contributed by atoms with E-state index >= 15 is 0 Å². The second kappa shape index (κ2) is 10.4. The Kier molecular flexibility index (Phi) is 6.92. The van der Waals surface area contributed by atoms with E-state index in [0.29, 0.717) is 10.7 Å². The summed E-state index contributed by atoms with van der Waals surface area (Å²) < 4.78 is 12.9. The molecule has 5 rings (SSSR count). The minimum atomic E-state index is -0.379. The largest absolute Gasteiger partial charge is 0.491 e. The molecule has 188 valence electrons. The van der Waals surface area contributed by atoms with E-state index < -0.39 is 0 Å². The molecule has 4 aromatic rings. The van der Waals surface area contributed by atoms with Gasteiger partial charge in [-0.2, -0.15) is 0 Å². The van der Waals surface area contributed by atoms with E-state index in [-0.39, 0.29) is 24.2 Å². The summed E-state index contributed by atoms with van der Waals surface area (Å²) in [6.45, 7) is 4.01. The number of pyridine rings is 1. The Balaban J connectivity index is 1.60. The topological polar surface area (TPSA) is 68.6 Å². The smallest absolute Gasteiger partial charge is 0.337 e. The molecule has 0 amide bonds. The average molecular weight is 513 g/mol. The lowest BCUT2D eigenvalue weighted by Crippen LogP contribution is -2.30. The van der Waals surface area contributed by atoms with Crippen molar-refractivity contribution in [2.75, 3.05) is 12.0 Å². The van der Waals surface area contributed by atoms with Gasteiger partial charge in [-0.15, -0.1) is 0 Å². The second-order valence-corrected chi connectivity index (χ2v) is 9.39. The molecule has 1 aliphatic rings. The third-order valence-corrected chi connectivity index (χ3v) is 6.53. The fraction of sp³-hybridized carbons (Fsp3) is 0.207. The van der Waals surface area contributed by atoms with Crippen molar-refractivity contribution in [3.8, 4) is 11.4 Å². The molecule has 0 bridgehead atoms. The molecule has 2 atom stereocenters. The standard InChI is InChI=1S/C29H28N4O3S/c1-19(2)36-23-14-12-21(13-15-23)33-27(26(31-29(33)37)24-10-4-5-16-30-24)25-11-7-17-32(25)22-9-6-8-20(18-22)28(34)35-3/h4-19,26-27H,1-3H3,(H,31,37)/t26-,27+/m0/s1. The number of nitrogens with zero attached hydrogens (tertiary/aromatic N) is 3. The van der Waals surface area contributed by atoms with Crippen LogP contribution in [0.1, 0.15) is 47.7 Å². The summed E-state index contributed by atoms with van der Waals surface area (Å²) in [5, 5.41) is 4.10. The second-order valence-electron chi connectivity index (χ2n) is 9.00. The van der Waals surface area contributed by atoms with Gasteiger partial charge in [-0.1, -0.05) is 12.1 Å². The van der Waals surface area contributed by atoms with E-state index in [2.05, 4.69) is 25.8 Å². The van der Waals surface area contributed by atoms with Gasteiger partial charge in [0.15, 0.2) is 5.11 Å². The van der Waals surface area contributed by atoms with Crippen molar-refractivity contribution in [3.63, 3.8) is 0 Å². The Morgan fingerprint density at radius 3 is 2.51 bits per heavy atom. The zero-order valence-corrected chi connectivity index (χ0v) is 21.7. The van der Waals surface area contributed by atoms with Gasteiger partial charge >= 0.3 is 5.97 Å². The lowest BCUT2D eigenvalue weighted by Gasteiger charge is -2.29. The van der Waals surface area contributed by atoms with E-state index in [1.54, 1.807) is 12.3 Å². The number of thiocarbonyl (C=S) groups is 1. The molecule has 7 nitrogen and oxygen atoms in total. The zero-order chi connectivity index (χ0) is 25.9. The van der Waals surface area contributed by atoms with Crippen molar-refractivity contribution in [1.82, 2.24) is 14.9 Å². The number of carbonyl (C=O) groups is 1. The van der Waals surface area contributed by atoms with Gasteiger partial charge in [0.2, 0.25) is 0 Å². The van der Waals surface area contributed by atoms with Crippen molar-refractivity contribution < 1.29 is 14.3 Å². The number of esters is 1. The Bertz CT molecular complexity index is 1400. The van der Waals surface area contributed by atoms with Crippen molar-refractivity contribution in [3.05, 3.63) is 108 Å². The number of methoxy groups -OCH3 is 1. The van der Waals surface area contributed by atoms with Crippen LogP contribution < -0.4 is 15.0 Å². The molecule has 0 radical (unpaired) electrons. The van der Waals surface area contributed by atoms with Gasteiger partial charge in [-0.05, 0) is 92.8 Å². The Hall–Kier alpha value is -4.17. The number of hydrogen-bond acceptors (Lipinski definition) is 5. The van der Waals surface area contributed by atoms with Gasteiger partial charge in [0.1, 0.15) is 11.8 Å². The van der Waals surface area contributed by atoms with E-state index in [1.807, 2.05) is 86.8 Å². The maximum absolute atomic E-state index is 12.2. The molecule has 37 heavy (non-hydrogen) atoms. The highest BCUT2D eigenvalue weighted by molar-refractivity contribution is 7.80. The van der Waals surface area contributed by atoms with Crippen molar-refractivity contribution >= 4 is 29.0 Å². The summed E-state index contributed by atoms with van der Waals surface area (Å²) in [6.07, 6.45) is 3.86. The lowest BCUT2D eigenvalue weighted by atomic mass is 10.0. The molecule has 1 fully saturated rings. The van der Waals surface area contributed by atoms with Crippen molar-refractivity contribution in [2.45, 2.75) is 32.0 Å². The first-order valence-electron chi connectivity index (χ1n) is 12.1. The van der Waals surface area contributed by atoms with E-state index in [4.69, 9.17) is 21.7 Å². The minimum Gasteiger partial charge on any atom is -0.491 e. The number of nitrogens with one attached hydrogen (secondary N) is 1. The zero-order valence-electron chi connectivity index (χ0n) is 20.9. The van der Waals surface area contributed by atoms with Crippen LogP contribution in [0.3, 0.4) is 0 Å². The Labute approximate surface area is 221 Å². The number of rotatable bonds is 7. The molecule has 0 aliphatic carbocycles. The van der Waals surface area contributed by atoms with Crippen LogP contribution in [-0.4, -0.2) is 33.8 Å². The van der Waals surface area contributed by atoms with Crippen LogP contribution in [0, 0.1) is 0 Å². The van der Waals surface area contributed by atoms with E-state index in [9.17, 15) is 4.79 Å². The van der Waals surface area contributed by atoms with Crippen LogP contribution >= 0.6 is 12.2 Å². The number of aromatic nitrogens is 2. The van der Waals surface area contributed by atoms with Gasteiger partial charge in [-0.25, -0.2) is 4.79 Å². The summed E-state index contributed by atoms with van der Waals surface area (Å²) in [7, 11) is 1.38. The Morgan fingerprint density at radius 2 is 1.81 bits per heavy atom. The normalized spacial score (nSPS) is 17.1. The molecule has 0 saturated carbocycles. The molecule has 0 unspecified atom stereocenters. The monoisotopic (exact) mass is 512 g/mol. The van der Waals surface area contributed by atoms with Gasteiger partial charge in [0.25, 0.3) is 0 Å². The van der Waals surface area contributed by atoms with Crippen LogP contribution in [0.25, 0.3) is 5.69 Å². The summed E-state index contributed by atoms with van der Waals surface area (Å²) in [5.41, 5.74) is 4.15. The van der Waals surface area contributed by atoms with Gasteiger partial charge in [0, 0.05) is 29.5 Å². The highest BCUT2D eigenvalue weighted by Crippen LogP contribution is 2.42. The molecule has 1 N–H and O–H groups in total. The highest BCUT2D eigenvalue weighted by atomic mass is 32.1. The summed E-state index contributed by atoms with van der Waals surface area (Å²) in [5.74, 6) is 0.425. The lowest BCUT2D eigenvalue weighted by molar-refractivity contribution is 0.0600. The summed E-state index contributed by atoms with van der Waals surface area (Å²) in [4.78, 5) is 19.0. The van der Waals surface area contributed by atoms with E-state index in [0.717, 1.165) is 28.5 Å². The SMILES string of the molecule is COC(=O)c1cccc(-n2cccc2[C@@H]2[C@H](c3ccccn3)NC(=S)N2c2ccc(OC(C)C)cc2)c1.